The van der Waals surface area contributed by atoms with Gasteiger partial charge in [-0.3, -0.25) is 4.79 Å². The molecule has 1 aromatic heterocycles. The number of aromatic nitrogens is 2. The fourth-order valence-electron chi connectivity index (χ4n) is 2.12. The molecule has 0 unspecified atom stereocenters. The zero-order valence-electron chi connectivity index (χ0n) is 12.9. The number of nitrogens with zero attached hydrogens (tertiary/aromatic N) is 4. The molecule has 1 saturated heterocycles. The van der Waals surface area contributed by atoms with Crippen LogP contribution in [0.25, 0.3) is 0 Å². The van der Waals surface area contributed by atoms with E-state index >= 15 is 0 Å². The number of nitrogens with one attached hydrogen (secondary N) is 1. The molecule has 0 aliphatic carbocycles. The minimum atomic E-state index is -0.358. The van der Waals surface area contributed by atoms with Crippen LogP contribution in [-0.4, -0.2) is 53.8 Å². The molecule has 126 valence electrons. The molecule has 1 fully saturated rings. The number of carbonyl (C=O) groups is 1. The monoisotopic (exact) mass is 347 g/mol. The van der Waals surface area contributed by atoms with Crippen molar-refractivity contribution in [1.29, 1.82) is 0 Å². The summed E-state index contributed by atoms with van der Waals surface area (Å²) < 4.78 is 19.1. The van der Waals surface area contributed by atoms with E-state index in [0.29, 0.717) is 24.9 Å². The Bertz CT molecular complexity index is 685. The van der Waals surface area contributed by atoms with Gasteiger partial charge in [0.05, 0.1) is 31.2 Å². The van der Waals surface area contributed by atoms with Crippen LogP contribution >= 0.6 is 11.7 Å². The molecular weight excluding hydrogens is 330 g/mol. The van der Waals surface area contributed by atoms with Gasteiger partial charge in [-0.25, -0.2) is 5.43 Å². The van der Waals surface area contributed by atoms with Crippen molar-refractivity contribution < 1.29 is 14.3 Å². The molecule has 2 aromatic rings. The van der Waals surface area contributed by atoms with Crippen molar-refractivity contribution in [3.63, 3.8) is 0 Å². The summed E-state index contributed by atoms with van der Waals surface area (Å²) in [6.07, 6.45) is 1.57. The number of ether oxygens (including phenoxy) is 2. The van der Waals surface area contributed by atoms with Crippen LogP contribution in [0.3, 0.4) is 0 Å². The molecule has 1 aromatic carbocycles. The van der Waals surface area contributed by atoms with Gasteiger partial charge in [0.15, 0.2) is 6.61 Å². The minimum Gasteiger partial charge on any atom is -0.464 e. The summed E-state index contributed by atoms with van der Waals surface area (Å²) in [5, 5.41) is 3.89. The number of rotatable bonds is 6. The smallest absolute Gasteiger partial charge is 0.278 e. The first-order valence-corrected chi connectivity index (χ1v) is 8.21. The molecule has 3 rings (SSSR count). The first-order valence-electron chi connectivity index (χ1n) is 7.48. The SMILES string of the molecule is O=C(COc1nsnc1N1CCOCC1)N/N=C\c1ccccc1. The van der Waals surface area contributed by atoms with Gasteiger partial charge in [0, 0.05) is 13.1 Å². The van der Waals surface area contributed by atoms with Crippen LogP contribution in [-0.2, 0) is 9.53 Å². The minimum absolute atomic E-state index is 0.172. The lowest BCUT2D eigenvalue weighted by atomic mass is 10.2. The Morgan fingerprint density at radius 3 is 2.92 bits per heavy atom. The summed E-state index contributed by atoms with van der Waals surface area (Å²) >= 11 is 1.06. The van der Waals surface area contributed by atoms with Gasteiger partial charge in [0.2, 0.25) is 5.82 Å². The first-order chi connectivity index (χ1) is 11.8. The lowest BCUT2D eigenvalue weighted by molar-refractivity contribution is -0.123. The zero-order valence-corrected chi connectivity index (χ0v) is 13.7. The second kappa shape index (κ2) is 8.37. The van der Waals surface area contributed by atoms with Crippen LogP contribution in [0.1, 0.15) is 5.56 Å². The van der Waals surface area contributed by atoms with E-state index in [1.807, 2.05) is 35.2 Å². The molecule has 0 saturated carbocycles. The van der Waals surface area contributed by atoms with E-state index in [2.05, 4.69) is 19.3 Å². The van der Waals surface area contributed by atoms with E-state index in [0.717, 1.165) is 30.4 Å². The highest BCUT2D eigenvalue weighted by molar-refractivity contribution is 6.99. The summed E-state index contributed by atoms with van der Waals surface area (Å²) in [5.74, 6) is 0.663. The average molecular weight is 347 g/mol. The van der Waals surface area contributed by atoms with Gasteiger partial charge < -0.3 is 14.4 Å². The van der Waals surface area contributed by atoms with Crippen molar-refractivity contribution in [3.8, 4) is 5.88 Å². The van der Waals surface area contributed by atoms with E-state index in [1.165, 1.54) is 0 Å². The third-order valence-corrected chi connectivity index (χ3v) is 3.80. The Kier molecular flexibility index (Phi) is 5.70. The first kappa shape index (κ1) is 16.3. The third kappa shape index (κ3) is 4.49. The number of benzene rings is 1. The normalized spacial score (nSPS) is 14.8. The van der Waals surface area contributed by atoms with Crippen molar-refractivity contribution in [2.24, 2.45) is 5.10 Å². The van der Waals surface area contributed by atoms with E-state index in [1.54, 1.807) is 6.21 Å². The van der Waals surface area contributed by atoms with Gasteiger partial charge in [-0.15, -0.1) is 4.37 Å². The quantitative estimate of drug-likeness (QED) is 0.617. The standard InChI is InChI=1S/C15H17N5O3S/c21-13(17-16-10-12-4-2-1-3-5-12)11-23-15-14(18-24-19-15)20-6-8-22-9-7-20/h1-5,10H,6-9,11H2,(H,17,21)/b16-10-. The number of hydrogen-bond donors (Lipinski definition) is 1. The molecule has 8 nitrogen and oxygen atoms in total. The fourth-order valence-corrected chi connectivity index (χ4v) is 2.64. The molecule has 1 amide bonds. The van der Waals surface area contributed by atoms with E-state index in [9.17, 15) is 4.79 Å². The van der Waals surface area contributed by atoms with Gasteiger partial charge in [-0.2, -0.15) is 9.47 Å². The Hall–Kier alpha value is -2.52. The molecule has 0 bridgehead atoms. The Labute approximate surface area is 143 Å². The summed E-state index contributed by atoms with van der Waals surface area (Å²) in [4.78, 5) is 13.8. The number of anilines is 1. The summed E-state index contributed by atoms with van der Waals surface area (Å²) in [6.45, 7) is 2.58. The molecular formula is C15H17N5O3S. The second-order valence-electron chi connectivity index (χ2n) is 4.98. The predicted molar refractivity (Wildman–Crippen MR) is 90.6 cm³/mol. The molecule has 0 radical (unpaired) electrons. The predicted octanol–water partition coefficient (Wildman–Crippen LogP) is 0.904. The number of amides is 1. The third-order valence-electron chi connectivity index (χ3n) is 3.30. The summed E-state index contributed by atoms with van der Waals surface area (Å²) in [5.41, 5.74) is 3.32. The largest absolute Gasteiger partial charge is 0.464 e. The molecule has 9 heteroatoms. The fraction of sp³-hybridized carbons (Fsp3) is 0.333. The van der Waals surface area contributed by atoms with Crippen molar-refractivity contribution in [1.82, 2.24) is 14.2 Å². The number of hydrazone groups is 1. The lowest BCUT2D eigenvalue weighted by Crippen LogP contribution is -2.36. The molecule has 1 aliphatic heterocycles. The van der Waals surface area contributed by atoms with E-state index in [-0.39, 0.29) is 12.5 Å². The van der Waals surface area contributed by atoms with Crippen LogP contribution in [0.2, 0.25) is 0 Å². The molecule has 1 N–H and O–H groups in total. The Balaban J connectivity index is 1.48. The maximum absolute atomic E-state index is 11.8. The molecule has 0 atom stereocenters. The maximum atomic E-state index is 11.8. The highest BCUT2D eigenvalue weighted by Gasteiger charge is 2.20. The van der Waals surface area contributed by atoms with Crippen molar-refractivity contribution in [2.75, 3.05) is 37.8 Å². The van der Waals surface area contributed by atoms with Crippen LogP contribution in [0, 0.1) is 0 Å². The zero-order chi connectivity index (χ0) is 16.6. The van der Waals surface area contributed by atoms with Crippen molar-refractivity contribution >= 4 is 29.7 Å². The van der Waals surface area contributed by atoms with Crippen molar-refractivity contribution in [3.05, 3.63) is 35.9 Å². The van der Waals surface area contributed by atoms with Gasteiger partial charge >= 0.3 is 0 Å². The maximum Gasteiger partial charge on any atom is 0.278 e. The summed E-state index contributed by atoms with van der Waals surface area (Å²) in [6, 6.07) is 9.49. The molecule has 0 spiro atoms. The van der Waals surface area contributed by atoms with Gasteiger partial charge in [0.1, 0.15) is 0 Å². The average Bonchev–Trinajstić information content (AvgIpc) is 3.10. The van der Waals surface area contributed by atoms with Gasteiger partial charge in [0.25, 0.3) is 11.8 Å². The van der Waals surface area contributed by atoms with E-state index in [4.69, 9.17) is 9.47 Å². The summed E-state index contributed by atoms with van der Waals surface area (Å²) in [7, 11) is 0. The molecule has 24 heavy (non-hydrogen) atoms. The lowest BCUT2D eigenvalue weighted by Gasteiger charge is -2.26. The van der Waals surface area contributed by atoms with Crippen LogP contribution < -0.4 is 15.1 Å². The highest BCUT2D eigenvalue weighted by Crippen LogP contribution is 2.26. The number of hydrogen-bond acceptors (Lipinski definition) is 8. The van der Waals surface area contributed by atoms with Gasteiger partial charge in [-0.1, -0.05) is 30.3 Å². The molecule has 2 heterocycles. The van der Waals surface area contributed by atoms with Gasteiger partial charge in [-0.05, 0) is 5.56 Å². The van der Waals surface area contributed by atoms with Crippen LogP contribution in [0.4, 0.5) is 5.82 Å². The van der Waals surface area contributed by atoms with E-state index < -0.39 is 0 Å². The topological polar surface area (TPSA) is 88.9 Å². The number of carbonyl (C=O) groups excluding carboxylic acids is 1. The number of morpholine rings is 1. The Morgan fingerprint density at radius 1 is 1.33 bits per heavy atom. The van der Waals surface area contributed by atoms with Crippen molar-refractivity contribution in [2.45, 2.75) is 0 Å². The Morgan fingerprint density at radius 2 is 2.12 bits per heavy atom. The highest BCUT2D eigenvalue weighted by atomic mass is 32.1. The second-order valence-corrected chi connectivity index (χ2v) is 5.51. The van der Waals surface area contributed by atoms with Crippen LogP contribution in [0.15, 0.2) is 35.4 Å². The molecule has 1 aliphatic rings. The van der Waals surface area contributed by atoms with Crippen LogP contribution in [0.5, 0.6) is 5.88 Å².